The van der Waals surface area contributed by atoms with Gasteiger partial charge in [0.05, 0.1) is 12.6 Å². The second kappa shape index (κ2) is 3.84. The molecule has 0 saturated heterocycles. The maximum Gasteiger partial charge on any atom is 0.357 e. The Bertz CT molecular complexity index is 759. The van der Waals surface area contributed by atoms with E-state index in [-0.39, 0.29) is 0 Å². The van der Waals surface area contributed by atoms with Gasteiger partial charge in [-0.05, 0) is 18.6 Å². The Hall–Kier alpha value is -2.36. The Morgan fingerprint density at radius 2 is 2.11 bits per heavy atom. The summed E-state index contributed by atoms with van der Waals surface area (Å²) in [7, 11) is 1.37. The van der Waals surface area contributed by atoms with Crippen molar-refractivity contribution in [3.63, 3.8) is 0 Å². The number of esters is 1. The van der Waals surface area contributed by atoms with Crippen molar-refractivity contribution >= 4 is 27.8 Å². The van der Waals surface area contributed by atoms with E-state index in [0.29, 0.717) is 5.69 Å². The number of carbonyl (C=O) groups is 1. The Morgan fingerprint density at radius 1 is 1.33 bits per heavy atom. The molecule has 1 N–H and O–H groups in total. The van der Waals surface area contributed by atoms with Gasteiger partial charge in [0.15, 0.2) is 5.69 Å². The van der Waals surface area contributed by atoms with Crippen molar-refractivity contribution in [2.75, 3.05) is 7.11 Å². The minimum atomic E-state index is -0.412. The highest BCUT2D eigenvalue weighted by Gasteiger charge is 2.17. The van der Waals surface area contributed by atoms with Crippen molar-refractivity contribution in [1.82, 2.24) is 9.97 Å². The summed E-state index contributed by atoms with van der Waals surface area (Å²) in [6.45, 7) is 1.96. The van der Waals surface area contributed by atoms with E-state index in [0.717, 1.165) is 27.4 Å². The fourth-order valence-electron chi connectivity index (χ4n) is 2.23. The number of para-hydroxylation sites is 1. The molecular weight excluding hydrogens is 228 g/mol. The predicted molar refractivity (Wildman–Crippen MR) is 69.7 cm³/mol. The van der Waals surface area contributed by atoms with Crippen LogP contribution in [0.15, 0.2) is 30.5 Å². The van der Waals surface area contributed by atoms with Crippen LogP contribution in [0, 0.1) is 6.92 Å². The second-order valence-electron chi connectivity index (χ2n) is 4.20. The number of carbonyl (C=O) groups excluding carboxylic acids is 1. The maximum absolute atomic E-state index is 11.8. The Morgan fingerprint density at radius 3 is 2.89 bits per heavy atom. The molecule has 3 aromatic rings. The van der Waals surface area contributed by atoms with E-state index in [4.69, 9.17) is 4.74 Å². The van der Waals surface area contributed by atoms with Crippen molar-refractivity contribution in [2.45, 2.75) is 6.92 Å². The third-order valence-electron chi connectivity index (χ3n) is 3.10. The van der Waals surface area contributed by atoms with Crippen LogP contribution in [-0.2, 0) is 4.74 Å². The quantitative estimate of drug-likeness (QED) is 0.665. The average Bonchev–Trinajstić information content (AvgIpc) is 2.79. The number of aryl methyl sites for hydroxylation is 1. The van der Waals surface area contributed by atoms with Crippen LogP contribution in [0.4, 0.5) is 0 Å². The van der Waals surface area contributed by atoms with Crippen molar-refractivity contribution < 1.29 is 9.53 Å². The lowest BCUT2D eigenvalue weighted by atomic mass is 10.1. The molecule has 0 spiro atoms. The Kier molecular flexibility index (Phi) is 2.30. The molecule has 0 amide bonds. The number of aromatic amines is 1. The lowest BCUT2D eigenvalue weighted by Gasteiger charge is -2.02. The molecule has 0 aliphatic heterocycles. The molecule has 3 rings (SSSR count). The number of pyridine rings is 1. The number of ether oxygens (including phenoxy) is 1. The van der Waals surface area contributed by atoms with Gasteiger partial charge in [0.1, 0.15) is 0 Å². The number of hydrogen-bond donors (Lipinski definition) is 1. The summed E-state index contributed by atoms with van der Waals surface area (Å²) in [4.78, 5) is 19.3. The Balaban J connectivity index is 2.51. The van der Waals surface area contributed by atoms with Gasteiger partial charge in [0, 0.05) is 22.5 Å². The van der Waals surface area contributed by atoms with Crippen molar-refractivity contribution in [2.24, 2.45) is 0 Å². The van der Waals surface area contributed by atoms with Crippen LogP contribution in [0.5, 0.6) is 0 Å². The van der Waals surface area contributed by atoms with Gasteiger partial charge in [-0.2, -0.15) is 0 Å². The number of nitrogens with one attached hydrogen (secondary N) is 1. The van der Waals surface area contributed by atoms with Gasteiger partial charge >= 0.3 is 5.97 Å². The van der Waals surface area contributed by atoms with Crippen molar-refractivity contribution in [3.8, 4) is 0 Å². The summed E-state index contributed by atoms with van der Waals surface area (Å²) in [6.07, 6.45) is 1.68. The van der Waals surface area contributed by atoms with Crippen LogP contribution in [0.3, 0.4) is 0 Å². The molecule has 2 heterocycles. The molecule has 0 radical (unpaired) electrons. The van der Waals surface area contributed by atoms with Crippen molar-refractivity contribution in [1.29, 1.82) is 0 Å². The molecule has 0 aliphatic rings. The molecule has 2 aromatic heterocycles. The standard InChI is InChI=1S/C14H12N2O2/c1-8-7-15-13(14(17)18-2)11-9-5-3-4-6-10(9)16-12(8)11/h3-7,16H,1-2H3. The molecule has 4 nitrogen and oxygen atoms in total. The number of aromatic nitrogens is 2. The van der Waals surface area contributed by atoms with Crippen LogP contribution in [0.2, 0.25) is 0 Å². The number of nitrogens with zero attached hydrogens (tertiary/aromatic N) is 1. The first kappa shape index (κ1) is 10.8. The number of hydrogen-bond acceptors (Lipinski definition) is 3. The summed E-state index contributed by atoms with van der Waals surface area (Å²) < 4.78 is 4.79. The van der Waals surface area contributed by atoms with Gasteiger partial charge in [-0.1, -0.05) is 18.2 Å². The average molecular weight is 240 g/mol. The van der Waals surface area contributed by atoms with E-state index in [1.54, 1.807) is 6.20 Å². The highest BCUT2D eigenvalue weighted by Crippen LogP contribution is 2.29. The zero-order valence-corrected chi connectivity index (χ0v) is 10.2. The van der Waals surface area contributed by atoms with E-state index in [2.05, 4.69) is 9.97 Å². The van der Waals surface area contributed by atoms with E-state index in [1.165, 1.54) is 7.11 Å². The second-order valence-corrected chi connectivity index (χ2v) is 4.20. The van der Waals surface area contributed by atoms with Gasteiger partial charge in [-0.3, -0.25) is 0 Å². The molecule has 0 unspecified atom stereocenters. The van der Waals surface area contributed by atoms with E-state index < -0.39 is 5.97 Å². The molecule has 0 aliphatic carbocycles. The third kappa shape index (κ3) is 1.39. The minimum absolute atomic E-state index is 0.357. The highest BCUT2D eigenvalue weighted by atomic mass is 16.5. The molecule has 0 fully saturated rings. The zero-order chi connectivity index (χ0) is 12.7. The minimum Gasteiger partial charge on any atom is -0.464 e. The molecule has 0 bridgehead atoms. The van der Waals surface area contributed by atoms with E-state index in [9.17, 15) is 4.79 Å². The maximum atomic E-state index is 11.8. The van der Waals surface area contributed by atoms with Gasteiger partial charge in [0.25, 0.3) is 0 Å². The molecule has 0 atom stereocenters. The summed E-state index contributed by atoms with van der Waals surface area (Å²) >= 11 is 0. The van der Waals surface area contributed by atoms with Crippen LogP contribution in [0.1, 0.15) is 16.1 Å². The van der Waals surface area contributed by atoms with E-state index >= 15 is 0 Å². The summed E-state index contributed by atoms with van der Waals surface area (Å²) in [5, 5.41) is 1.82. The summed E-state index contributed by atoms with van der Waals surface area (Å²) in [5.74, 6) is -0.412. The Labute approximate surface area is 104 Å². The number of rotatable bonds is 1. The first-order valence-electron chi connectivity index (χ1n) is 5.66. The number of methoxy groups -OCH3 is 1. The molecule has 4 heteroatoms. The van der Waals surface area contributed by atoms with Crippen LogP contribution in [-0.4, -0.2) is 23.0 Å². The fraction of sp³-hybridized carbons (Fsp3) is 0.143. The topological polar surface area (TPSA) is 55.0 Å². The number of H-pyrrole nitrogens is 1. The zero-order valence-electron chi connectivity index (χ0n) is 10.2. The lowest BCUT2D eigenvalue weighted by Crippen LogP contribution is -2.05. The van der Waals surface area contributed by atoms with Crippen molar-refractivity contribution in [3.05, 3.63) is 41.7 Å². The summed E-state index contributed by atoms with van der Waals surface area (Å²) in [5.41, 5.74) is 3.30. The number of fused-ring (bicyclic) bond motifs is 3. The van der Waals surface area contributed by atoms with Crippen LogP contribution < -0.4 is 0 Å². The molecular formula is C14H12N2O2. The highest BCUT2D eigenvalue weighted by molar-refractivity contribution is 6.16. The van der Waals surface area contributed by atoms with Gasteiger partial charge in [-0.25, -0.2) is 9.78 Å². The largest absolute Gasteiger partial charge is 0.464 e. The first-order valence-corrected chi connectivity index (χ1v) is 5.66. The third-order valence-corrected chi connectivity index (χ3v) is 3.10. The molecule has 90 valence electrons. The van der Waals surface area contributed by atoms with Crippen LogP contribution >= 0.6 is 0 Å². The first-order chi connectivity index (χ1) is 8.72. The molecule has 0 saturated carbocycles. The normalized spacial score (nSPS) is 11.0. The lowest BCUT2D eigenvalue weighted by molar-refractivity contribution is 0.0596. The monoisotopic (exact) mass is 240 g/mol. The summed E-state index contributed by atoms with van der Waals surface area (Å²) in [6, 6.07) is 7.86. The molecule has 18 heavy (non-hydrogen) atoms. The van der Waals surface area contributed by atoms with E-state index in [1.807, 2.05) is 31.2 Å². The smallest absolute Gasteiger partial charge is 0.357 e. The van der Waals surface area contributed by atoms with Gasteiger partial charge in [0.2, 0.25) is 0 Å². The number of benzene rings is 1. The predicted octanol–water partition coefficient (Wildman–Crippen LogP) is 2.81. The SMILES string of the molecule is COC(=O)c1ncc(C)c2[nH]c3ccccc3c12. The van der Waals surface area contributed by atoms with Gasteiger partial charge < -0.3 is 9.72 Å². The fourth-order valence-corrected chi connectivity index (χ4v) is 2.23. The molecule has 1 aromatic carbocycles. The van der Waals surface area contributed by atoms with Crippen LogP contribution in [0.25, 0.3) is 21.8 Å². The van der Waals surface area contributed by atoms with Gasteiger partial charge in [-0.15, -0.1) is 0 Å².